The van der Waals surface area contributed by atoms with Gasteiger partial charge in [-0.05, 0) is 12.1 Å². The van der Waals surface area contributed by atoms with Crippen LogP contribution in [-0.4, -0.2) is 26.1 Å². The van der Waals surface area contributed by atoms with Crippen LogP contribution in [0.3, 0.4) is 0 Å². The minimum absolute atomic E-state index is 0.192. The lowest BCUT2D eigenvalue weighted by atomic mass is 10.1. The van der Waals surface area contributed by atoms with Gasteiger partial charge >= 0.3 is 5.97 Å². The normalized spacial score (nSPS) is 10.4. The zero-order valence-corrected chi connectivity index (χ0v) is 10.5. The molecule has 0 atom stereocenters. The van der Waals surface area contributed by atoms with Crippen LogP contribution in [0.4, 0.5) is 0 Å². The molecule has 0 unspecified atom stereocenters. The quantitative estimate of drug-likeness (QED) is 0.790. The highest BCUT2D eigenvalue weighted by atomic mass is 16.4. The Bertz CT molecular complexity index is 751. The van der Waals surface area contributed by atoms with Crippen LogP contribution in [-0.2, 0) is 0 Å². The first-order chi connectivity index (χ1) is 9.75. The largest absolute Gasteiger partial charge is 0.478 e. The average molecular weight is 265 g/mol. The SMILES string of the molecule is O=C(O)c1ccccc1-n1cc(-c2ccccc2)nn1. The molecule has 98 valence electrons. The lowest BCUT2D eigenvalue weighted by molar-refractivity contribution is 0.0696. The molecule has 5 nitrogen and oxygen atoms in total. The third-order valence-corrected chi connectivity index (χ3v) is 2.94. The summed E-state index contributed by atoms with van der Waals surface area (Å²) < 4.78 is 1.48. The predicted octanol–water partition coefficient (Wildman–Crippen LogP) is 2.63. The van der Waals surface area contributed by atoms with Crippen molar-refractivity contribution in [3.63, 3.8) is 0 Å². The number of carbonyl (C=O) groups is 1. The predicted molar refractivity (Wildman–Crippen MR) is 73.8 cm³/mol. The summed E-state index contributed by atoms with van der Waals surface area (Å²) in [6.45, 7) is 0. The molecule has 0 fully saturated rings. The minimum Gasteiger partial charge on any atom is -0.478 e. The number of carboxylic acids is 1. The Kier molecular flexibility index (Phi) is 3.01. The van der Waals surface area contributed by atoms with E-state index in [0.29, 0.717) is 11.4 Å². The lowest BCUT2D eigenvalue weighted by Crippen LogP contribution is -2.05. The van der Waals surface area contributed by atoms with Gasteiger partial charge < -0.3 is 5.11 Å². The fourth-order valence-corrected chi connectivity index (χ4v) is 1.98. The van der Waals surface area contributed by atoms with E-state index in [1.165, 1.54) is 4.68 Å². The third kappa shape index (κ3) is 2.16. The van der Waals surface area contributed by atoms with Gasteiger partial charge in [-0.2, -0.15) is 0 Å². The number of benzene rings is 2. The highest BCUT2D eigenvalue weighted by molar-refractivity contribution is 5.91. The average Bonchev–Trinajstić information content (AvgIpc) is 2.98. The molecule has 5 heteroatoms. The van der Waals surface area contributed by atoms with Gasteiger partial charge in [0.1, 0.15) is 5.69 Å². The van der Waals surface area contributed by atoms with Crippen LogP contribution in [0.2, 0.25) is 0 Å². The fraction of sp³-hybridized carbons (Fsp3) is 0. The standard InChI is InChI=1S/C15H11N3O2/c19-15(20)12-8-4-5-9-14(12)18-10-13(16-17-18)11-6-2-1-3-7-11/h1-10H,(H,19,20). The molecule has 3 aromatic rings. The van der Waals surface area contributed by atoms with E-state index in [2.05, 4.69) is 10.3 Å². The highest BCUT2D eigenvalue weighted by Crippen LogP contribution is 2.19. The molecule has 2 aromatic carbocycles. The van der Waals surface area contributed by atoms with E-state index in [9.17, 15) is 9.90 Å². The summed E-state index contributed by atoms with van der Waals surface area (Å²) in [5.41, 5.74) is 2.32. The third-order valence-electron chi connectivity index (χ3n) is 2.94. The van der Waals surface area contributed by atoms with Crippen LogP contribution in [0.5, 0.6) is 0 Å². The van der Waals surface area contributed by atoms with Crippen molar-refractivity contribution in [1.29, 1.82) is 0 Å². The van der Waals surface area contributed by atoms with Crippen molar-refractivity contribution in [3.05, 3.63) is 66.4 Å². The summed E-state index contributed by atoms with van der Waals surface area (Å²) in [6.07, 6.45) is 1.72. The lowest BCUT2D eigenvalue weighted by Gasteiger charge is -2.03. The smallest absolute Gasteiger partial charge is 0.337 e. The van der Waals surface area contributed by atoms with Crippen LogP contribution in [0.1, 0.15) is 10.4 Å². The Morgan fingerprint density at radius 3 is 2.45 bits per heavy atom. The van der Waals surface area contributed by atoms with Crippen molar-refractivity contribution < 1.29 is 9.90 Å². The van der Waals surface area contributed by atoms with E-state index in [0.717, 1.165) is 5.56 Å². The van der Waals surface area contributed by atoms with Crippen LogP contribution < -0.4 is 0 Å². The molecule has 0 spiro atoms. The number of hydrogen-bond donors (Lipinski definition) is 1. The van der Waals surface area contributed by atoms with Gasteiger partial charge in [-0.1, -0.05) is 47.7 Å². The maximum Gasteiger partial charge on any atom is 0.337 e. The summed E-state index contributed by atoms with van der Waals surface area (Å²) >= 11 is 0. The zero-order valence-electron chi connectivity index (χ0n) is 10.5. The summed E-state index contributed by atoms with van der Waals surface area (Å²) in [4.78, 5) is 11.2. The minimum atomic E-state index is -0.989. The molecule has 1 heterocycles. The van der Waals surface area contributed by atoms with Crippen molar-refractivity contribution in [2.24, 2.45) is 0 Å². The second-order valence-electron chi connectivity index (χ2n) is 4.24. The monoisotopic (exact) mass is 265 g/mol. The molecular weight excluding hydrogens is 254 g/mol. The topological polar surface area (TPSA) is 68.0 Å². The number of hydrogen-bond acceptors (Lipinski definition) is 3. The molecule has 0 radical (unpaired) electrons. The molecule has 0 aliphatic heterocycles. The van der Waals surface area contributed by atoms with Crippen LogP contribution in [0, 0.1) is 0 Å². The molecule has 20 heavy (non-hydrogen) atoms. The van der Waals surface area contributed by atoms with Crippen LogP contribution in [0.15, 0.2) is 60.8 Å². The summed E-state index contributed by atoms with van der Waals surface area (Å²) in [5.74, 6) is -0.989. The van der Waals surface area contributed by atoms with Crippen molar-refractivity contribution in [2.75, 3.05) is 0 Å². The first-order valence-corrected chi connectivity index (χ1v) is 6.06. The van der Waals surface area contributed by atoms with Gasteiger partial charge in [0, 0.05) is 5.56 Å². The van der Waals surface area contributed by atoms with Gasteiger partial charge in [0.2, 0.25) is 0 Å². The van der Waals surface area contributed by atoms with Crippen molar-refractivity contribution in [2.45, 2.75) is 0 Å². The molecular formula is C15H11N3O2. The van der Waals surface area contributed by atoms with Gasteiger partial charge in [-0.25, -0.2) is 9.48 Å². The second kappa shape index (κ2) is 4.97. The van der Waals surface area contributed by atoms with E-state index < -0.39 is 5.97 Å². The summed E-state index contributed by atoms with van der Waals surface area (Å²) in [7, 11) is 0. The van der Waals surface area contributed by atoms with Gasteiger partial charge in [-0.15, -0.1) is 5.10 Å². The van der Waals surface area contributed by atoms with Gasteiger partial charge in [0.15, 0.2) is 0 Å². The molecule has 1 aromatic heterocycles. The Morgan fingerprint density at radius 2 is 1.70 bits per heavy atom. The fourth-order valence-electron chi connectivity index (χ4n) is 1.98. The summed E-state index contributed by atoms with van der Waals surface area (Å²) in [6, 6.07) is 16.3. The number of carboxylic acid groups (broad SMARTS) is 1. The Balaban J connectivity index is 2.05. The highest BCUT2D eigenvalue weighted by Gasteiger charge is 2.12. The first kappa shape index (κ1) is 12.1. The van der Waals surface area contributed by atoms with Crippen molar-refractivity contribution in [1.82, 2.24) is 15.0 Å². The van der Waals surface area contributed by atoms with E-state index in [-0.39, 0.29) is 5.56 Å². The Morgan fingerprint density at radius 1 is 1.00 bits per heavy atom. The van der Waals surface area contributed by atoms with Gasteiger partial charge in [0.05, 0.1) is 17.4 Å². The van der Waals surface area contributed by atoms with Crippen LogP contribution >= 0.6 is 0 Å². The van der Waals surface area contributed by atoms with Gasteiger partial charge in [0.25, 0.3) is 0 Å². The Labute approximate surface area is 115 Å². The maximum absolute atomic E-state index is 11.2. The molecule has 0 saturated heterocycles. The van der Waals surface area contributed by atoms with Crippen LogP contribution in [0.25, 0.3) is 16.9 Å². The number of aromatic carboxylic acids is 1. The first-order valence-electron chi connectivity index (χ1n) is 6.06. The van der Waals surface area contributed by atoms with E-state index in [1.807, 2.05) is 30.3 Å². The zero-order chi connectivity index (χ0) is 13.9. The van der Waals surface area contributed by atoms with E-state index >= 15 is 0 Å². The molecule has 0 saturated carbocycles. The molecule has 0 amide bonds. The van der Waals surface area contributed by atoms with E-state index in [4.69, 9.17) is 0 Å². The summed E-state index contributed by atoms with van der Waals surface area (Å²) in [5, 5.41) is 17.3. The second-order valence-corrected chi connectivity index (χ2v) is 4.24. The number of aromatic nitrogens is 3. The Hall–Kier alpha value is -2.95. The number of rotatable bonds is 3. The molecule has 0 bridgehead atoms. The molecule has 0 aliphatic carbocycles. The van der Waals surface area contributed by atoms with Gasteiger partial charge in [-0.3, -0.25) is 0 Å². The maximum atomic E-state index is 11.2. The molecule has 0 aliphatic rings. The molecule has 1 N–H and O–H groups in total. The van der Waals surface area contributed by atoms with Crippen molar-refractivity contribution >= 4 is 5.97 Å². The van der Waals surface area contributed by atoms with E-state index in [1.54, 1.807) is 30.5 Å². The number of nitrogens with zero attached hydrogens (tertiary/aromatic N) is 3. The van der Waals surface area contributed by atoms with Crippen molar-refractivity contribution in [3.8, 4) is 16.9 Å². The molecule has 3 rings (SSSR count). The number of para-hydroxylation sites is 1.